The molecule has 92 valence electrons. The Hall–Kier alpha value is -0.650. The van der Waals surface area contributed by atoms with E-state index in [-0.39, 0.29) is 0 Å². The third kappa shape index (κ3) is 3.18. The fourth-order valence-corrected chi connectivity index (χ4v) is 3.07. The molecule has 0 spiro atoms. The van der Waals surface area contributed by atoms with E-state index in [1.165, 1.54) is 10.4 Å². The van der Waals surface area contributed by atoms with Gasteiger partial charge in [0.25, 0.3) is 0 Å². The van der Waals surface area contributed by atoms with Gasteiger partial charge >= 0.3 is 0 Å². The van der Waals surface area contributed by atoms with Crippen LogP contribution in [0.15, 0.2) is 22.1 Å². The van der Waals surface area contributed by atoms with Gasteiger partial charge in [-0.05, 0) is 22.0 Å². The van der Waals surface area contributed by atoms with Gasteiger partial charge in [-0.15, -0.1) is 11.3 Å². The molecule has 1 N–H and O–H groups in total. The third-order valence-corrected chi connectivity index (χ3v) is 4.10. The molecule has 0 aliphatic carbocycles. The van der Waals surface area contributed by atoms with Crippen molar-refractivity contribution in [3.05, 3.63) is 27.7 Å². The van der Waals surface area contributed by atoms with Crippen molar-refractivity contribution in [1.82, 2.24) is 15.1 Å². The summed E-state index contributed by atoms with van der Waals surface area (Å²) in [7, 11) is 1.96. The number of aromatic nitrogens is 2. The standard InChI is InChI=1S/C12H16BrN3S/c1-8(2)14-5-9-6-16(3)15-12(9)11-4-10(13)7-17-11/h4,6-8,14H,5H2,1-3H3. The topological polar surface area (TPSA) is 29.9 Å². The van der Waals surface area contributed by atoms with E-state index in [9.17, 15) is 0 Å². The second-order valence-electron chi connectivity index (χ2n) is 4.34. The Morgan fingerprint density at radius 2 is 2.29 bits per heavy atom. The molecule has 0 fully saturated rings. The SMILES string of the molecule is CC(C)NCc1cn(C)nc1-c1cc(Br)cs1. The highest BCUT2D eigenvalue weighted by Gasteiger charge is 2.12. The maximum Gasteiger partial charge on any atom is 0.107 e. The first kappa shape index (κ1) is 12.8. The van der Waals surface area contributed by atoms with Gasteiger partial charge in [0.15, 0.2) is 0 Å². The molecule has 0 amide bonds. The first-order valence-electron chi connectivity index (χ1n) is 5.56. The van der Waals surface area contributed by atoms with Crippen molar-refractivity contribution in [3.8, 4) is 10.6 Å². The minimum atomic E-state index is 0.484. The molecule has 2 rings (SSSR count). The minimum absolute atomic E-state index is 0.484. The van der Waals surface area contributed by atoms with Crippen LogP contribution in [0.25, 0.3) is 10.6 Å². The highest BCUT2D eigenvalue weighted by atomic mass is 79.9. The summed E-state index contributed by atoms with van der Waals surface area (Å²) in [5.74, 6) is 0. The predicted molar refractivity (Wildman–Crippen MR) is 76.2 cm³/mol. The number of thiophene rings is 1. The van der Waals surface area contributed by atoms with E-state index in [4.69, 9.17) is 0 Å². The van der Waals surface area contributed by atoms with Crippen molar-refractivity contribution in [3.63, 3.8) is 0 Å². The fraction of sp³-hybridized carbons (Fsp3) is 0.417. The molecular formula is C12H16BrN3S. The number of hydrogen-bond donors (Lipinski definition) is 1. The van der Waals surface area contributed by atoms with Crippen LogP contribution in [0.2, 0.25) is 0 Å². The highest BCUT2D eigenvalue weighted by molar-refractivity contribution is 9.10. The lowest BCUT2D eigenvalue weighted by atomic mass is 10.2. The van der Waals surface area contributed by atoms with Gasteiger partial charge in [-0.1, -0.05) is 13.8 Å². The molecular weight excluding hydrogens is 298 g/mol. The lowest BCUT2D eigenvalue weighted by molar-refractivity contribution is 0.589. The van der Waals surface area contributed by atoms with E-state index >= 15 is 0 Å². The number of nitrogens with one attached hydrogen (secondary N) is 1. The van der Waals surface area contributed by atoms with Crippen LogP contribution in [-0.2, 0) is 13.6 Å². The summed E-state index contributed by atoms with van der Waals surface area (Å²) in [6.07, 6.45) is 2.08. The second-order valence-corrected chi connectivity index (χ2v) is 6.17. The predicted octanol–water partition coefficient (Wildman–Crippen LogP) is 3.41. The zero-order chi connectivity index (χ0) is 12.4. The van der Waals surface area contributed by atoms with Crippen molar-refractivity contribution in [2.75, 3.05) is 0 Å². The fourth-order valence-electron chi connectivity index (χ4n) is 1.63. The summed E-state index contributed by atoms with van der Waals surface area (Å²) >= 11 is 5.20. The van der Waals surface area contributed by atoms with Crippen molar-refractivity contribution in [2.45, 2.75) is 26.4 Å². The van der Waals surface area contributed by atoms with E-state index in [1.54, 1.807) is 11.3 Å². The molecule has 0 aliphatic heterocycles. The molecule has 2 aromatic heterocycles. The maximum atomic E-state index is 4.54. The average Bonchev–Trinajstić information content (AvgIpc) is 2.81. The first-order valence-corrected chi connectivity index (χ1v) is 7.24. The molecule has 5 heteroatoms. The van der Waals surface area contributed by atoms with Gasteiger partial charge in [-0.25, -0.2) is 0 Å². The molecule has 0 saturated heterocycles. The molecule has 0 saturated carbocycles. The van der Waals surface area contributed by atoms with Crippen LogP contribution in [0.1, 0.15) is 19.4 Å². The molecule has 0 atom stereocenters. The zero-order valence-corrected chi connectivity index (χ0v) is 12.6. The first-order chi connectivity index (χ1) is 8.06. The van der Waals surface area contributed by atoms with Crippen LogP contribution in [0, 0.1) is 0 Å². The third-order valence-electron chi connectivity index (χ3n) is 2.41. The molecule has 2 heterocycles. The van der Waals surface area contributed by atoms with Gasteiger partial charge in [0.05, 0.1) is 4.88 Å². The van der Waals surface area contributed by atoms with Crippen molar-refractivity contribution in [2.24, 2.45) is 7.05 Å². The second kappa shape index (κ2) is 5.33. The Balaban J connectivity index is 2.27. The summed E-state index contributed by atoms with van der Waals surface area (Å²) in [6, 6.07) is 2.60. The molecule has 17 heavy (non-hydrogen) atoms. The normalized spacial score (nSPS) is 11.4. The molecule has 0 aliphatic rings. The van der Waals surface area contributed by atoms with Gasteiger partial charge in [-0.2, -0.15) is 5.10 Å². The van der Waals surface area contributed by atoms with Gasteiger partial charge in [0.2, 0.25) is 0 Å². The maximum absolute atomic E-state index is 4.54. The Morgan fingerprint density at radius 1 is 1.53 bits per heavy atom. The van der Waals surface area contributed by atoms with Crippen LogP contribution < -0.4 is 5.32 Å². The molecule has 3 nitrogen and oxygen atoms in total. The Morgan fingerprint density at radius 3 is 2.88 bits per heavy atom. The van der Waals surface area contributed by atoms with E-state index < -0.39 is 0 Å². The Kier molecular flexibility index (Phi) is 4.01. The highest BCUT2D eigenvalue weighted by Crippen LogP contribution is 2.30. The van der Waals surface area contributed by atoms with Crippen LogP contribution in [-0.4, -0.2) is 15.8 Å². The van der Waals surface area contributed by atoms with Crippen LogP contribution in [0.4, 0.5) is 0 Å². The Bertz CT molecular complexity index is 502. The largest absolute Gasteiger partial charge is 0.310 e. The van der Waals surface area contributed by atoms with E-state index in [0.29, 0.717) is 6.04 Å². The molecule has 0 radical (unpaired) electrons. The number of aryl methyl sites for hydroxylation is 1. The molecule has 0 bridgehead atoms. The zero-order valence-electron chi connectivity index (χ0n) is 10.2. The lowest BCUT2D eigenvalue weighted by Crippen LogP contribution is -2.21. The smallest absolute Gasteiger partial charge is 0.107 e. The van der Waals surface area contributed by atoms with E-state index in [0.717, 1.165) is 16.7 Å². The van der Waals surface area contributed by atoms with Gasteiger partial charge in [0, 0.05) is 41.2 Å². The average molecular weight is 314 g/mol. The van der Waals surface area contributed by atoms with Crippen molar-refractivity contribution >= 4 is 27.3 Å². The summed E-state index contributed by atoms with van der Waals surface area (Å²) < 4.78 is 2.99. The number of rotatable bonds is 4. The van der Waals surface area contributed by atoms with Crippen molar-refractivity contribution in [1.29, 1.82) is 0 Å². The van der Waals surface area contributed by atoms with Crippen LogP contribution in [0.3, 0.4) is 0 Å². The lowest BCUT2D eigenvalue weighted by Gasteiger charge is -2.06. The quantitative estimate of drug-likeness (QED) is 0.937. The summed E-state index contributed by atoms with van der Waals surface area (Å²) in [4.78, 5) is 1.21. The monoisotopic (exact) mass is 313 g/mol. The van der Waals surface area contributed by atoms with Crippen molar-refractivity contribution < 1.29 is 0 Å². The van der Waals surface area contributed by atoms with Gasteiger partial charge < -0.3 is 5.32 Å². The van der Waals surface area contributed by atoms with Crippen LogP contribution >= 0.6 is 27.3 Å². The van der Waals surface area contributed by atoms with Crippen LogP contribution in [0.5, 0.6) is 0 Å². The molecule has 2 aromatic rings. The molecule has 0 aromatic carbocycles. The van der Waals surface area contributed by atoms with E-state index in [2.05, 4.69) is 57.8 Å². The minimum Gasteiger partial charge on any atom is -0.310 e. The van der Waals surface area contributed by atoms with Gasteiger partial charge in [-0.3, -0.25) is 4.68 Å². The Labute approximate surface area is 114 Å². The summed E-state index contributed by atoms with van der Waals surface area (Å²) in [6.45, 7) is 5.16. The summed E-state index contributed by atoms with van der Waals surface area (Å²) in [5, 5.41) is 10.1. The number of nitrogens with zero attached hydrogens (tertiary/aromatic N) is 2. The number of halogens is 1. The number of hydrogen-bond acceptors (Lipinski definition) is 3. The van der Waals surface area contributed by atoms with Gasteiger partial charge in [0.1, 0.15) is 5.69 Å². The summed E-state index contributed by atoms with van der Waals surface area (Å²) in [5.41, 5.74) is 2.33. The molecule has 0 unspecified atom stereocenters. The van der Waals surface area contributed by atoms with E-state index in [1.807, 2.05) is 11.7 Å².